The minimum Gasteiger partial charge on any atom is -0.268 e. The number of carbonyl (C=O) groups is 2. The van der Waals surface area contributed by atoms with Crippen LogP contribution in [0.4, 0.5) is 5.69 Å². The van der Waals surface area contributed by atoms with Crippen molar-refractivity contribution in [1.82, 2.24) is 4.90 Å². The molecule has 4 rings (SSSR count). The quantitative estimate of drug-likeness (QED) is 0.488. The predicted octanol–water partition coefficient (Wildman–Crippen LogP) is 3.34. The van der Waals surface area contributed by atoms with Crippen LogP contribution in [0.5, 0.6) is 0 Å². The number of nitrogens with zero attached hydrogens (tertiary/aromatic N) is 2. The van der Waals surface area contributed by atoms with E-state index in [9.17, 15) is 19.7 Å². The van der Waals surface area contributed by atoms with Crippen molar-refractivity contribution in [2.24, 2.45) is 5.92 Å². The van der Waals surface area contributed by atoms with E-state index in [4.69, 9.17) is 0 Å². The zero-order valence-corrected chi connectivity index (χ0v) is 13.2. The fourth-order valence-electron chi connectivity index (χ4n) is 3.33. The van der Waals surface area contributed by atoms with Gasteiger partial charge in [-0.15, -0.1) is 0 Å². The molecule has 0 bridgehead atoms. The lowest BCUT2D eigenvalue weighted by molar-refractivity contribution is -0.384. The van der Waals surface area contributed by atoms with Gasteiger partial charge in [0.1, 0.15) is 0 Å². The van der Waals surface area contributed by atoms with Gasteiger partial charge in [-0.25, -0.2) is 4.90 Å². The van der Waals surface area contributed by atoms with Crippen LogP contribution in [0.15, 0.2) is 60.3 Å². The van der Waals surface area contributed by atoms with Crippen molar-refractivity contribution in [2.45, 2.75) is 12.8 Å². The van der Waals surface area contributed by atoms with E-state index in [1.807, 2.05) is 36.4 Å². The minimum atomic E-state index is -0.568. The SMILES string of the molecule is O=C1c2ccc([N+](=O)[O-])cc2C(=O)N1C1=CCC1Cc1ccccc1. The molecule has 124 valence electrons. The highest BCUT2D eigenvalue weighted by atomic mass is 16.6. The lowest BCUT2D eigenvalue weighted by Gasteiger charge is -2.32. The summed E-state index contributed by atoms with van der Waals surface area (Å²) in [6, 6.07) is 13.7. The molecule has 2 amide bonds. The second-order valence-corrected chi connectivity index (χ2v) is 6.18. The van der Waals surface area contributed by atoms with Gasteiger partial charge in [0.2, 0.25) is 0 Å². The zero-order valence-electron chi connectivity index (χ0n) is 13.2. The van der Waals surface area contributed by atoms with E-state index in [-0.39, 0.29) is 22.7 Å². The molecule has 2 aliphatic rings. The molecule has 0 saturated carbocycles. The molecule has 1 unspecified atom stereocenters. The minimum absolute atomic E-state index is 0.0969. The van der Waals surface area contributed by atoms with E-state index < -0.39 is 16.7 Å². The number of imide groups is 1. The van der Waals surface area contributed by atoms with E-state index in [0.29, 0.717) is 5.70 Å². The van der Waals surface area contributed by atoms with Crippen molar-refractivity contribution >= 4 is 17.5 Å². The van der Waals surface area contributed by atoms with Gasteiger partial charge in [-0.3, -0.25) is 19.7 Å². The molecule has 25 heavy (non-hydrogen) atoms. The summed E-state index contributed by atoms with van der Waals surface area (Å²) in [6.07, 6.45) is 3.43. The molecule has 1 heterocycles. The molecular formula is C19H14N2O4. The molecule has 0 radical (unpaired) electrons. The zero-order chi connectivity index (χ0) is 17.6. The van der Waals surface area contributed by atoms with Crippen LogP contribution in [0.1, 0.15) is 32.7 Å². The molecule has 0 aromatic heterocycles. The highest BCUT2D eigenvalue weighted by Crippen LogP contribution is 2.38. The maximum atomic E-state index is 12.7. The highest BCUT2D eigenvalue weighted by molar-refractivity contribution is 6.22. The predicted molar refractivity (Wildman–Crippen MR) is 89.9 cm³/mol. The Hall–Kier alpha value is -3.28. The Morgan fingerprint density at radius 1 is 1.04 bits per heavy atom. The monoisotopic (exact) mass is 334 g/mol. The van der Waals surface area contributed by atoms with Crippen LogP contribution >= 0.6 is 0 Å². The Balaban J connectivity index is 1.61. The van der Waals surface area contributed by atoms with Crippen LogP contribution < -0.4 is 0 Å². The summed E-state index contributed by atoms with van der Waals surface area (Å²) < 4.78 is 0. The van der Waals surface area contributed by atoms with Crippen molar-refractivity contribution < 1.29 is 14.5 Å². The third-order valence-corrected chi connectivity index (χ3v) is 4.69. The summed E-state index contributed by atoms with van der Waals surface area (Å²) in [6.45, 7) is 0. The summed E-state index contributed by atoms with van der Waals surface area (Å²) >= 11 is 0. The molecule has 2 aromatic rings. The molecule has 0 fully saturated rings. The Kier molecular flexibility index (Phi) is 3.46. The first kappa shape index (κ1) is 15.3. The average molecular weight is 334 g/mol. The lowest BCUT2D eigenvalue weighted by Crippen LogP contribution is -2.36. The number of nitro benzene ring substituents is 1. The van der Waals surface area contributed by atoms with E-state index >= 15 is 0 Å². The fourth-order valence-corrected chi connectivity index (χ4v) is 3.33. The fraction of sp³-hybridized carbons (Fsp3) is 0.158. The molecule has 6 heteroatoms. The van der Waals surface area contributed by atoms with Crippen LogP contribution in [0, 0.1) is 16.0 Å². The van der Waals surface area contributed by atoms with Crippen molar-refractivity contribution in [3.8, 4) is 0 Å². The summed E-state index contributed by atoms with van der Waals surface area (Å²) in [7, 11) is 0. The van der Waals surface area contributed by atoms with Crippen molar-refractivity contribution in [3.63, 3.8) is 0 Å². The largest absolute Gasteiger partial charge is 0.270 e. The van der Waals surface area contributed by atoms with Gasteiger partial charge in [0.15, 0.2) is 0 Å². The molecule has 1 aliphatic carbocycles. The van der Waals surface area contributed by atoms with Crippen LogP contribution in [0.25, 0.3) is 0 Å². The molecule has 6 nitrogen and oxygen atoms in total. The summed E-state index contributed by atoms with van der Waals surface area (Å²) in [4.78, 5) is 36.8. The van der Waals surface area contributed by atoms with Crippen LogP contribution in [0.2, 0.25) is 0 Å². The Morgan fingerprint density at radius 2 is 1.76 bits per heavy atom. The standard InChI is InChI=1S/C19H14N2O4/c22-18-15-8-7-14(21(24)25)11-16(15)19(23)20(18)17-9-6-13(17)10-12-4-2-1-3-5-12/h1-5,7-9,11,13H,6,10H2. The summed E-state index contributed by atoms with van der Waals surface area (Å²) in [5.41, 5.74) is 1.97. The van der Waals surface area contributed by atoms with Crippen molar-refractivity contribution in [2.75, 3.05) is 0 Å². The molecule has 0 spiro atoms. The van der Waals surface area contributed by atoms with Crippen LogP contribution in [-0.4, -0.2) is 21.6 Å². The van der Waals surface area contributed by atoms with Gasteiger partial charge in [0.25, 0.3) is 17.5 Å². The molecule has 0 N–H and O–H groups in total. The van der Waals surface area contributed by atoms with Crippen LogP contribution in [-0.2, 0) is 6.42 Å². The van der Waals surface area contributed by atoms with E-state index in [1.54, 1.807) is 0 Å². The van der Waals surface area contributed by atoms with Crippen LogP contribution in [0.3, 0.4) is 0 Å². The average Bonchev–Trinajstić information content (AvgIpc) is 2.84. The second kappa shape index (κ2) is 5.66. The summed E-state index contributed by atoms with van der Waals surface area (Å²) in [5, 5.41) is 10.9. The maximum absolute atomic E-state index is 12.7. The third kappa shape index (κ3) is 2.42. The van der Waals surface area contributed by atoms with Gasteiger partial charge in [-0.1, -0.05) is 36.4 Å². The molecule has 1 atom stereocenters. The van der Waals surface area contributed by atoms with E-state index in [1.165, 1.54) is 23.1 Å². The highest BCUT2D eigenvalue weighted by Gasteiger charge is 2.42. The normalized spacial score (nSPS) is 18.6. The second-order valence-electron chi connectivity index (χ2n) is 6.18. The van der Waals surface area contributed by atoms with Crippen molar-refractivity contribution in [1.29, 1.82) is 0 Å². The number of rotatable bonds is 4. The number of fused-ring (bicyclic) bond motifs is 1. The Morgan fingerprint density at radius 3 is 2.40 bits per heavy atom. The van der Waals surface area contributed by atoms with Gasteiger partial charge in [0, 0.05) is 23.7 Å². The number of amides is 2. The first-order valence-corrected chi connectivity index (χ1v) is 7.97. The Labute approximate surface area is 143 Å². The summed E-state index contributed by atoms with van der Waals surface area (Å²) in [5.74, 6) is -0.786. The number of benzene rings is 2. The van der Waals surface area contributed by atoms with Gasteiger partial charge in [0.05, 0.1) is 16.1 Å². The first-order chi connectivity index (χ1) is 12.1. The number of hydrogen-bond acceptors (Lipinski definition) is 4. The first-order valence-electron chi connectivity index (χ1n) is 7.97. The number of non-ortho nitro benzene ring substituents is 1. The molecule has 2 aromatic carbocycles. The number of hydrogen-bond donors (Lipinski definition) is 0. The smallest absolute Gasteiger partial charge is 0.268 e. The van der Waals surface area contributed by atoms with Gasteiger partial charge < -0.3 is 0 Å². The third-order valence-electron chi connectivity index (χ3n) is 4.69. The number of carbonyl (C=O) groups excluding carboxylic acids is 2. The van der Waals surface area contributed by atoms with E-state index in [2.05, 4.69) is 0 Å². The number of allylic oxidation sites excluding steroid dienone is 2. The van der Waals surface area contributed by atoms with Crippen molar-refractivity contribution in [3.05, 3.63) is 87.1 Å². The number of nitro groups is 1. The molecule has 0 saturated heterocycles. The Bertz CT molecular complexity index is 934. The molecular weight excluding hydrogens is 320 g/mol. The van der Waals surface area contributed by atoms with Gasteiger partial charge in [-0.2, -0.15) is 0 Å². The topological polar surface area (TPSA) is 80.5 Å². The van der Waals surface area contributed by atoms with Gasteiger partial charge in [-0.05, 0) is 24.5 Å². The lowest BCUT2D eigenvalue weighted by atomic mass is 9.84. The molecule has 1 aliphatic heterocycles. The van der Waals surface area contributed by atoms with Gasteiger partial charge >= 0.3 is 0 Å². The maximum Gasteiger partial charge on any atom is 0.270 e. The van der Waals surface area contributed by atoms with E-state index in [0.717, 1.165) is 18.4 Å².